The number of nitrogens with zero attached hydrogens (tertiary/aromatic N) is 1. The van der Waals surface area contributed by atoms with E-state index in [2.05, 4.69) is 4.98 Å². The maximum Gasteiger partial charge on any atom is 0.167 e. The first-order chi connectivity index (χ1) is 7.00. The van der Waals surface area contributed by atoms with Crippen LogP contribution in [0.1, 0.15) is 36.3 Å². The lowest BCUT2D eigenvalue weighted by atomic mass is 9.96. The fraction of sp³-hybridized carbons (Fsp3) is 0.417. The van der Waals surface area contributed by atoms with Gasteiger partial charge < -0.3 is 4.79 Å². The van der Waals surface area contributed by atoms with Crippen LogP contribution in [0.2, 0.25) is 0 Å². The highest BCUT2D eigenvalue weighted by Gasteiger charge is 2.16. The molecule has 1 atom stereocenters. The van der Waals surface area contributed by atoms with E-state index < -0.39 is 0 Å². The van der Waals surface area contributed by atoms with E-state index in [1.807, 2.05) is 6.92 Å². The lowest BCUT2D eigenvalue weighted by molar-refractivity contribution is -0.117. The standard InChI is InChI=1S/C12H15NO2/c1-8(6-10(3)14)12(15)11-5-4-9(2)13-7-11/h4-5,7-8H,6H2,1-3H3. The first-order valence-corrected chi connectivity index (χ1v) is 4.97. The largest absolute Gasteiger partial charge is 0.300 e. The van der Waals surface area contributed by atoms with Crippen molar-refractivity contribution >= 4 is 11.6 Å². The third-order valence-electron chi connectivity index (χ3n) is 2.24. The van der Waals surface area contributed by atoms with Crippen LogP contribution >= 0.6 is 0 Å². The van der Waals surface area contributed by atoms with E-state index in [4.69, 9.17) is 0 Å². The van der Waals surface area contributed by atoms with Crippen molar-refractivity contribution in [3.8, 4) is 0 Å². The van der Waals surface area contributed by atoms with Gasteiger partial charge in [-0.1, -0.05) is 6.92 Å². The lowest BCUT2D eigenvalue weighted by Gasteiger charge is -2.07. The maximum absolute atomic E-state index is 11.8. The van der Waals surface area contributed by atoms with E-state index in [-0.39, 0.29) is 17.5 Å². The van der Waals surface area contributed by atoms with Crippen LogP contribution in [0.15, 0.2) is 18.3 Å². The monoisotopic (exact) mass is 205 g/mol. The Balaban J connectivity index is 2.76. The summed E-state index contributed by atoms with van der Waals surface area (Å²) in [6.07, 6.45) is 1.86. The predicted octanol–water partition coefficient (Wildman–Crippen LogP) is 2.19. The van der Waals surface area contributed by atoms with Crippen LogP contribution in [0.4, 0.5) is 0 Å². The molecule has 0 radical (unpaired) electrons. The minimum absolute atomic E-state index is 0.0160. The van der Waals surface area contributed by atoms with E-state index in [9.17, 15) is 9.59 Å². The second-order valence-electron chi connectivity index (χ2n) is 3.86. The Labute approximate surface area is 89.5 Å². The first kappa shape index (κ1) is 11.6. The Morgan fingerprint density at radius 1 is 1.40 bits per heavy atom. The van der Waals surface area contributed by atoms with E-state index in [0.29, 0.717) is 12.0 Å². The molecule has 3 nitrogen and oxygen atoms in total. The van der Waals surface area contributed by atoms with Gasteiger partial charge in [0.2, 0.25) is 0 Å². The van der Waals surface area contributed by atoms with Gasteiger partial charge in [0.25, 0.3) is 0 Å². The van der Waals surface area contributed by atoms with Crippen LogP contribution in [-0.4, -0.2) is 16.6 Å². The molecule has 1 aromatic rings. The second-order valence-corrected chi connectivity index (χ2v) is 3.86. The van der Waals surface area contributed by atoms with E-state index in [1.165, 1.54) is 6.92 Å². The molecule has 0 fully saturated rings. The van der Waals surface area contributed by atoms with Crippen LogP contribution in [0.5, 0.6) is 0 Å². The molecular formula is C12H15NO2. The minimum Gasteiger partial charge on any atom is -0.300 e. The van der Waals surface area contributed by atoms with Gasteiger partial charge in [-0.15, -0.1) is 0 Å². The molecule has 15 heavy (non-hydrogen) atoms. The third-order valence-corrected chi connectivity index (χ3v) is 2.24. The Kier molecular flexibility index (Phi) is 3.72. The van der Waals surface area contributed by atoms with Gasteiger partial charge in [0, 0.05) is 29.8 Å². The van der Waals surface area contributed by atoms with Gasteiger partial charge in [-0.2, -0.15) is 0 Å². The average molecular weight is 205 g/mol. The van der Waals surface area contributed by atoms with E-state index >= 15 is 0 Å². The van der Waals surface area contributed by atoms with Crippen LogP contribution in [0.25, 0.3) is 0 Å². The van der Waals surface area contributed by atoms with Crippen LogP contribution in [0.3, 0.4) is 0 Å². The molecule has 0 amide bonds. The molecule has 1 aromatic heterocycles. The Bertz CT molecular complexity index is 368. The summed E-state index contributed by atoms with van der Waals surface area (Å²) in [4.78, 5) is 26.7. The summed E-state index contributed by atoms with van der Waals surface area (Å²) in [6, 6.07) is 3.55. The van der Waals surface area contributed by atoms with Crippen molar-refractivity contribution in [3.63, 3.8) is 0 Å². The predicted molar refractivity (Wildman–Crippen MR) is 57.8 cm³/mol. The zero-order chi connectivity index (χ0) is 11.4. The summed E-state index contributed by atoms with van der Waals surface area (Å²) in [5, 5.41) is 0. The summed E-state index contributed by atoms with van der Waals surface area (Å²) in [5.41, 5.74) is 1.46. The molecule has 1 rings (SSSR count). The number of aryl methyl sites for hydroxylation is 1. The Morgan fingerprint density at radius 3 is 2.53 bits per heavy atom. The van der Waals surface area contributed by atoms with Crippen molar-refractivity contribution in [2.24, 2.45) is 5.92 Å². The molecule has 0 aliphatic heterocycles. The zero-order valence-corrected chi connectivity index (χ0v) is 9.28. The fourth-order valence-corrected chi connectivity index (χ4v) is 1.42. The van der Waals surface area contributed by atoms with Crippen molar-refractivity contribution in [1.29, 1.82) is 0 Å². The van der Waals surface area contributed by atoms with Gasteiger partial charge >= 0.3 is 0 Å². The maximum atomic E-state index is 11.8. The van der Waals surface area contributed by atoms with Crippen LogP contribution in [0, 0.1) is 12.8 Å². The Hall–Kier alpha value is -1.51. The SMILES string of the molecule is CC(=O)CC(C)C(=O)c1ccc(C)nc1. The number of hydrogen-bond acceptors (Lipinski definition) is 3. The van der Waals surface area contributed by atoms with Gasteiger partial charge in [-0.05, 0) is 26.0 Å². The summed E-state index contributed by atoms with van der Waals surface area (Å²) in [6.45, 7) is 5.13. The summed E-state index contributed by atoms with van der Waals surface area (Å²) >= 11 is 0. The summed E-state index contributed by atoms with van der Waals surface area (Å²) in [7, 11) is 0. The van der Waals surface area contributed by atoms with Gasteiger partial charge in [0.15, 0.2) is 5.78 Å². The quantitative estimate of drug-likeness (QED) is 0.708. The fourth-order valence-electron chi connectivity index (χ4n) is 1.42. The molecule has 1 heterocycles. The molecule has 0 aromatic carbocycles. The van der Waals surface area contributed by atoms with E-state index in [1.54, 1.807) is 25.3 Å². The number of aromatic nitrogens is 1. The van der Waals surface area contributed by atoms with Crippen molar-refractivity contribution in [2.45, 2.75) is 27.2 Å². The third kappa shape index (κ3) is 3.27. The molecule has 0 bridgehead atoms. The molecule has 3 heteroatoms. The van der Waals surface area contributed by atoms with Crippen molar-refractivity contribution in [1.82, 2.24) is 4.98 Å². The van der Waals surface area contributed by atoms with Crippen LogP contribution in [-0.2, 0) is 4.79 Å². The number of carbonyl (C=O) groups is 2. The topological polar surface area (TPSA) is 47.0 Å². The molecule has 0 spiro atoms. The average Bonchev–Trinajstić information content (AvgIpc) is 2.17. The molecule has 0 N–H and O–H groups in total. The highest BCUT2D eigenvalue weighted by molar-refractivity contribution is 5.99. The Morgan fingerprint density at radius 2 is 2.07 bits per heavy atom. The van der Waals surface area contributed by atoms with Gasteiger partial charge in [-0.3, -0.25) is 9.78 Å². The molecule has 0 aliphatic rings. The smallest absolute Gasteiger partial charge is 0.167 e. The number of rotatable bonds is 4. The molecule has 1 unspecified atom stereocenters. The van der Waals surface area contributed by atoms with Gasteiger partial charge in [0.1, 0.15) is 5.78 Å². The second kappa shape index (κ2) is 4.82. The molecule has 0 aliphatic carbocycles. The summed E-state index contributed by atoms with van der Waals surface area (Å²) < 4.78 is 0. The molecule has 0 saturated carbocycles. The highest BCUT2D eigenvalue weighted by Crippen LogP contribution is 2.11. The molecule has 0 saturated heterocycles. The first-order valence-electron chi connectivity index (χ1n) is 4.97. The number of carbonyl (C=O) groups excluding carboxylic acids is 2. The number of ketones is 2. The minimum atomic E-state index is -0.257. The van der Waals surface area contributed by atoms with Crippen molar-refractivity contribution in [2.75, 3.05) is 0 Å². The number of Topliss-reactive ketones (excluding diaryl/α,β-unsaturated/α-hetero) is 2. The van der Waals surface area contributed by atoms with Crippen LogP contribution < -0.4 is 0 Å². The molecule has 80 valence electrons. The van der Waals surface area contributed by atoms with Crippen molar-refractivity contribution in [3.05, 3.63) is 29.6 Å². The highest BCUT2D eigenvalue weighted by atomic mass is 16.1. The van der Waals surface area contributed by atoms with Gasteiger partial charge in [-0.25, -0.2) is 0 Å². The number of hydrogen-bond donors (Lipinski definition) is 0. The normalized spacial score (nSPS) is 12.2. The summed E-state index contributed by atoms with van der Waals surface area (Å²) in [5.74, 6) is -0.236. The van der Waals surface area contributed by atoms with E-state index in [0.717, 1.165) is 5.69 Å². The van der Waals surface area contributed by atoms with Crippen molar-refractivity contribution < 1.29 is 9.59 Å². The zero-order valence-electron chi connectivity index (χ0n) is 9.28. The molecular weight excluding hydrogens is 190 g/mol. The lowest BCUT2D eigenvalue weighted by Crippen LogP contribution is -2.14. The van der Waals surface area contributed by atoms with Gasteiger partial charge in [0.05, 0.1) is 0 Å². The number of pyridine rings is 1.